The summed E-state index contributed by atoms with van der Waals surface area (Å²) >= 11 is 1.49. The highest BCUT2D eigenvalue weighted by atomic mass is 32.1. The van der Waals surface area contributed by atoms with Crippen molar-refractivity contribution in [2.45, 2.75) is 25.7 Å². The Labute approximate surface area is 129 Å². The maximum atomic E-state index is 12.9. The molecule has 2 aromatic rings. The summed E-state index contributed by atoms with van der Waals surface area (Å²) in [6.07, 6.45) is -4.57. The van der Waals surface area contributed by atoms with Crippen molar-refractivity contribution in [1.82, 2.24) is 9.97 Å². The van der Waals surface area contributed by atoms with E-state index in [-0.39, 0.29) is 18.4 Å². The zero-order valence-electron chi connectivity index (χ0n) is 11.7. The van der Waals surface area contributed by atoms with E-state index in [1.165, 1.54) is 11.3 Å². The molecule has 0 radical (unpaired) electrons. The number of halogens is 3. The molecule has 0 unspecified atom stereocenters. The summed E-state index contributed by atoms with van der Waals surface area (Å²) in [7, 11) is 0. The van der Waals surface area contributed by atoms with Gasteiger partial charge in [0.25, 0.3) is 0 Å². The fourth-order valence-corrected chi connectivity index (χ4v) is 2.25. The number of alkyl halides is 3. The third-order valence-corrected chi connectivity index (χ3v) is 3.57. The monoisotopic (exact) mass is 332 g/mol. The van der Waals surface area contributed by atoms with Gasteiger partial charge in [0, 0.05) is 17.0 Å². The van der Waals surface area contributed by atoms with Gasteiger partial charge in [-0.3, -0.25) is 0 Å². The Balaban J connectivity index is 2.21. The summed E-state index contributed by atoms with van der Waals surface area (Å²) in [4.78, 5) is 8.41. The zero-order valence-corrected chi connectivity index (χ0v) is 12.5. The Morgan fingerprint density at radius 2 is 2.14 bits per heavy atom. The topological polar surface area (TPSA) is 70.1 Å². The first-order chi connectivity index (χ1) is 10.4. The average molecular weight is 332 g/mol. The minimum Gasteiger partial charge on any atom is -0.394 e. The molecule has 3 N–H and O–H groups in total. The van der Waals surface area contributed by atoms with Gasteiger partial charge < -0.3 is 15.7 Å². The summed E-state index contributed by atoms with van der Waals surface area (Å²) in [5.41, 5.74) is -1.04. The third-order valence-electron chi connectivity index (χ3n) is 2.69. The van der Waals surface area contributed by atoms with E-state index in [4.69, 9.17) is 5.11 Å². The van der Waals surface area contributed by atoms with Crippen LogP contribution in [-0.4, -0.2) is 27.7 Å². The van der Waals surface area contributed by atoms with E-state index in [9.17, 15) is 13.2 Å². The summed E-state index contributed by atoms with van der Waals surface area (Å²) in [5, 5.41) is 16.3. The fourth-order valence-electron chi connectivity index (χ4n) is 1.60. The largest absolute Gasteiger partial charge is 0.433 e. The van der Waals surface area contributed by atoms with Crippen LogP contribution in [-0.2, 0) is 12.7 Å². The van der Waals surface area contributed by atoms with E-state index in [2.05, 4.69) is 20.6 Å². The molecule has 1 atom stereocenters. The molecule has 0 spiro atoms. The molecule has 22 heavy (non-hydrogen) atoms. The van der Waals surface area contributed by atoms with Gasteiger partial charge in [0.15, 0.2) is 5.69 Å². The SMILES string of the molecule is C[C@@H](CO)Nc1nc(NCc2cccs2)cc(C(F)(F)F)n1. The van der Waals surface area contributed by atoms with Crippen molar-refractivity contribution in [3.63, 3.8) is 0 Å². The second-order valence-electron chi connectivity index (χ2n) is 4.62. The molecular weight excluding hydrogens is 317 g/mol. The molecule has 2 aromatic heterocycles. The average Bonchev–Trinajstić information content (AvgIpc) is 2.97. The van der Waals surface area contributed by atoms with Gasteiger partial charge in [-0.15, -0.1) is 11.3 Å². The van der Waals surface area contributed by atoms with Crippen LogP contribution >= 0.6 is 11.3 Å². The van der Waals surface area contributed by atoms with E-state index >= 15 is 0 Å². The Morgan fingerprint density at radius 1 is 1.36 bits per heavy atom. The van der Waals surface area contributed by atoms with E-state index < -0.39 is 17.9 Å². The minimum atomic E-state index is -4.57. The second-order valence-corrected chi connectivity index (χ2v) is 5.65. The van der Waals surface area contributed by atoms with Crippen LogP contribution in [0.5, 0.6) is 0 Å². The molecule has 0 aliphatic heterocycles. The lowest BCUT2D eigenvalue weighted by atomic mass is 10.3. The molecule has 9 heteroatoms. The maximum absolute atomic E-state index is 12.9. The zero-order chi connectivity index (χ0) is 16.2. The number of thiophene rings is 1. The van der Waals surface area contributed by atoms with Crippen LogP contribution in [0.3, 0.4) is 0 Å². The fraction of sp³-hybridized carbons (Fsp3) is 0.385. The first kappa shape index (κ1) is 16.5. The lowest BCUT2D eigenvalue weighted by molar-refractivity contribution is -0.141. The molecule has 0 saturated carbocycles. The molecule has 0 aromatic carbocycles. The first-order valence-electron chi connectivity index (χ1n) is 6.48. The lowest BCUT2D eigenvalue weighted by Gasteiger charge is -2.15. The number of nitrogens with one attached hydrogen (secondary N) is 2. The van der Waals surface area contributed by atoms with Crippen molar-refractivity contribution in [3.8, 4) is 0 Å². The first-order valence-corrected chi connectivity index (χ1v) is 7.36. The van der Waals surface area contributed by atoms with Crippen LogP contribution in [0.4, 0.5) is 24.9 Å². The molecule has 2 rings (SSSR count). The van der Waals surface area contributed by atoms with Crippen LogP contribution < -0.4 is 10.6 Å². The minimum absolute atomic E-state index is 0.0726. The Hall–Kier alpha value is -1.87. The second kappa shape index (κ2) is 6.93. The molecule has 0 amide bonds. The van der Waals surface area contributed by atoms with Crippen molar-refractivity contribution < 1.29 is 18.3 Å². The number of aliphatic hydroxyl groups excluding tert-OH is 1. The van der Waals surface area contributed by atoms with E-state index in [1.807, 2.05) is 17.5 Å². The molecule has 2 heterocycles. The predicted molar refractivity (Wildman–Crippen MR) is 78.9 cm³/mol. The normalized spacial score (nSPS) is 13.0. The van der Waals surface area contributed by atoms with Crippen LogP contribution in [0.25, 0.3) is 0 Å². The highest BCUT2D eigenvalue weighted by Crippen LogP contribution is 2.30. The van der Waals surface area contributed by atoms with Gasteiger partial charge in [0.1, 0.15) is 5.82 Å². The number of anilines is 2. The molecule has 0 fully saturated rings. The van der Waals surface area contributed by atoms with Crippen molar-refractivity contribution in [3.05, 3.63) is 34.2 Å². The van der Waals surface area contributed by atoms with Gasteiger partial charge in [0.2, 0.25) is 5.95 Å². The highest BCUT2D eigenvalue weighted by Gasteiger charge is 2.33. The predicted octanol–water partition coefficient (Wildman–Crippen LogP) is 2.96. The molecule has 5 nitrogen and oxygen atoms in total. The van der Waals surface area contributed by atoms with Crippen molar-refractivity contribution in [2.75, 3.05) is 17.2 Å². The molecule has 0 saturated heterocycles. The van der Waals surface area contributed by atoms with E-state index in [0.29, 0.717) is 6.54 Å². The highest BCUT2D eigenvalue weighted by molar-refractivity contribution is 7.09. The van der Waals surface area contributed by atoms with Crippen molar-refractivity contribution in [2.24, 2.45) is 0 Å². The summed E-state index contributed by atoms with van der Waals surface area (Å²) in [6.45, 7) is 1.75. The van der Waals surface area contributed by atoms with Gasteiger partial charge in [-0.2, -0.15) is 18.2 Å². The third kappa shape index (κ3) is 4.57. The standard InChI is InChI=1S/C13H15F3N4OS/c1-8(7-21)18-12-19-10(13(14,15)16)5-11(20-12)17-6-9-3-2-4-22-9/h2-5,8,21H,6-7H2,1H3,(H2,17,18,19,20)/t8-/m0/s1. The van der Waals surface area contributed by atoms with Crippen molar-refractivity contribution in [1.29, 1.82) is 0 Å². The van der Waals surface area contributed by atoms with Crippen LogP contribution in [0.1, 0.15) is 17.5 Å². The number of hydrogen-bond acceptors (Lipinski definition) is 6. The van der Waals surface area contributed by atoms with Gasteiger partial charge in [-0.1, -0.05) is 6.07 Å². The maximum Gasteiger partial charge on any atom is 0.433 e. The molecular formula is C13H15F3N4OS. The van der Waals surface area contributed by atoms with Gasteiger partial charge in [0.05, 0.1) is 13.2 Å². The molecule has 0 aliphatic carbocycles. The summed E-state index contributed by atoms with van der Waals surface area (Å²) in [6, 6.07) is 4.14. The molecule has 120 valence electrons. The Bertz CT molecular complexity index is 604. The van der Waals surface area contributed by atoms with Gasteiger partial charge >= 0.3 is 6.18 Å². The Morgan fingerprint density at radius 3 is 2.73 bits per heavy atom. The number of aliphatic hydroxyl groups is 1. The quantitative estimate of drug-likeness (QED) is 0.759. The number of rotatable bonds is 6. The summed E-state index contributed by atoms with van der Waals surface area (Å²) in [5.74, 6) is -0.103. The molecule has 0 aliphatic rings. The Kier molecular flexibility index (Phi) is 5.19. The molecule has 0 bridgehead atoms. The van der Waals surface area contributed by atoms with Crippen LogP contribution in [0, 0.1) is 0 Å². The van der Waals surface area contributed by atoms with Gasteiger partial charge in [-0.25, -0.2) is 4.98 Å². The van der Waals surface area contributed by atoms with E-state index in [0.717, 1.165) is 10.9 Å². The number of nitrogens with zero attached hydrogens (tertiary/aromatic N) is 2. The van der Waals surface area contributed by atoms with Gasteiger partial charge in [-0.05, 0) is 18.4 Å². The number of hydrogen-bond donors (Lipinski definition) is 3. The summed E-state index contributed by atoms with van der Waals surface area (Å²) < 4.78 is 38.7. The van der Waals surface area contributed by atoms with Crippen LogP contribution in [0.15, 0.2) is 23.6 Å². The lowest BCUT2D eigenvalue weighted by Crippen LogP contribution is -2.22. The smallest absolute Gasteiger partial charge is 0.394 e. The van der Waals surface area contributed by atoms with Crippen LogP contribution in [0.2, 0.25) is 0 Å². The van der Waals surface area contributed by atoms with E-state index in [1.54, 1.807) is 6.92 Å². The van der Waals surface area contributed by atoms with Crippen molar-refractivity contribution >= 4 is 23.1 Å². The number of aromatic nitrogens is 2.